The lowest BCUT2D eigenvalue weighted by molar-refractivity contribution is 0.489. The average Bonchev–Trinajstić information content (AvgIpc) is 3.19. The highest BCUT2D eigenvalue weighted by atomic mass is 32.2. The van der Waals surface area contributed by atoms with Crippen LogP contribution in [0.25, 0.3) is 0 Å². The molecule has 4 rings (SSSR count). The Balaban J connectivity index is 1.64. The van der Waals surface area contributed by atoms with Gasteiger partial charge in [0.25, 0.3) is 0 Å². The van der Waals surface area contributed by atoms with Gasteiger partial charge in [-0.05, 0) is 60.8 Å². The number of aryl methyl sites for hydroxylation is 1. The number of hydrogen-bond acceptors (Lipinski definition) is 2. The Kier molecular flexibility index (Phi) is 6.36. The molecule has 0 saturated carbocycles. The molecule has 156 valence electrons. The van der Waals surface area contributed by atoms with Crippen LogP contribution in [0.1, 0.15) is 17.5 Å². The predicted molar refractivity (Wildman–Crippen MR) is 126 cm³/mol. The van der Waals surface area contributed by atoms with E-state index < -0.39 is 10.0 Å². The SMILES string of the molecule is Cc1ccc(S(=O)(=O)N2CC(=CC#Cc3ccccc3)/C(=C\C3C=CC=CC3)C2)cc1. The number of allylic oxidation sites excluding steroid dienone is 6. The Morgan fingerprint density at radius 3 is 2.42 bits per heavy atom. The van der Waals surface area contributed by atoms with Gasteiger partial charge in [0, 0.05) is 18.7 Å². The monoisotopic (exact) mass is 427 g/mol. The highest BCUT2D eigenvalue weighted by Gasteiger charge is 2.32. The first kappa shape index (κ1) is 21.1. The highest BCUT2D eigenvalue weighted by molar-refractivity contribution is 7.89. The summed E-state index contributed by atoms with van der Waals surface area (Å²) in [4.78, 5) is 0.328. The number of nitrogens with zero attached hydrogens (tertiary/aromatic N) is 1. The molecule has 1 aliphatic heterocycles. The molecular weight excluding hydrogens is 402 g/mol. The van der Waals surface area contributed by atoms with E-state index in [1.54, 1.807) is 16.4 Å². The first-order valence-corrected chi connectivity index (χ1v) is 11.8. The normalized spacial score (nSPS) is 21.4. The summed E-state index contributed by atoms with van der Waals surface area (Å²) < 4.78 is 28.0. The molecule has 1 saturated heterocycles. The van der Waals surface area contributed by atoms with Crippen molar-refractivity contribution in [3.8, 4) is 11.8 Å². The largest absolute Gasteiger partial charge is 0.243 e. The number of benzene rings is 2. The zero-order valence-electron chi connectivity index (χ0n) is 17.5. The van der Waals surface area contributed by atoms with Gasteiger partial charge < -0.3 is 0 Å². The molecule has 2 aromatic rings. The van der Waals surface area contributed by atoms with E-state index in [0.29, 0.717) is 18.0 Å². The fraction of sp³-hybridized carbons (Fsp3) is 0.185. The van der Waals surface area contributed by atoms with Gasteiger partial charge in [0.05, 0.1) is 4.90 Å². The molecule has 1 fully saturated rings. The van der Waals surface area contributed by atoms with Crippen LogP contribution in [-0.2, 0) is 10.0 Å². The highest BCUT2D eigenvalue weighted by Crippen LogP contribution is 2.30. The minimum atomic E-state index is -3.57. The van der Waals surface area contributed by atoms with E-state index >= 15 is 0 Å². The summed E-state index contributed by atoms with van der Waals surface area (Å²) >= 11 is 0. The maximum atomic E-state index is 13.2. The summed E-state index contributed by atoms with van der Waals surface area (Å²) in [6, 6.07) is 16.8. The third-order valence-corrected chi connectivity index (χ3v) is 7.24. The molecule has 0 bridgehead atoms. The topological polar surface area (TPSA) is 37.4 Å². The summed E-state index contributed by atoms with van der Waals surface area (Å²) in [5, 5.41) is 0. The third-order valence-electron chi connectivity index (χ3n) is 5.43. The summed E-state index contributed by atoms with van der Waals surface area (Å²) in [6.07, 6.45) is 13.3. The van der Waals surface area contributed by atoms with Gasteiger partial charge in [-0.15, -0.1) is 0 Å². The number of hydrogen-bond donors (Lipinski definition) is 0. The summed E-state index contributed by atoms with van der Waals surface area (Å²) in [5.41, 5.74) is 3.97. The molecule has 0 amide bonds. The molecule has 3 nitrogen and oxygen atoms in total. The zero-order valence-corrected chi connectivity index (χ0v) is 18.3. The maximum Gasteiger partial charge on any atom is 0.243 e. The molecule has 1 heterocycles. The molecule has 4 heteroatoms. The van der Waals surface area contributed by atoms with Crippen LogP contribution in [0.2, 0.25) is 0 Å². The van der Waals surface area contributed by atoms with E-state index in [1.807, 2.05) is 67.6 Å². The van der Waals surface area contributed by atoms with Crippen molar-refractivity contribution in [2.24, 2.45) is 5.92 Å². The van der Waals surface area contributed by atoms with Gasteiger partial charge in [0.15, 0.2) is 0 Å². The van der Waals surface area contributed by atoms with Crippen molar-refractivity contribution in [1.29, 1.82) is 0 Å². The van der Waals surface area contributed by atoms with Gasteiger partial charge in [0.1, 0.15) is 0 Å². The van der Waals surface area contributed by atoms with Gasteiger partial charge in [-0.2, -0.15) is 4.31 Å². The zero-order chi connectivity index (χ0) is 21.7. The van der Waals surface area contributed by atoms with E-state index in [0.717, 1.165) is 28.7 Å². The summed E-state index contributed by atoms with van der Waals surface area (Å²) in [7, 11) is -3.57. The van der Waals surface area contributed by atoms with Gasteiger partial charge >= 0.3 is 0 Å². The van der Waals surface area contributed by atoms with Crippen molar-refractivity contribution in [2.75, 3.05) is 13.1 Å². The molecule has 1 unspecified atom stereocenters. The second-order valence-electron chi connectivity index (χ2n) is 7.80. The third kappa shape index (κ3) is 5.14. The summed E-state index contributed by atoms with van der Waals surface area (Å²) in [5.74, 6) is 6.54. The van der Waals surface area contributed by atoms with Crippen LogP contribution in [-0.4, -0.2) is 25.8 Å². The first-order chi connectivity index (χ1) is 15.0. The smallest absolute Gasteiger partial charge is 0.207 e. The van der Waals surface area contributed by atoms with Crippen molar-refractivity contribution in [3.63, 3.8) is 0 Å². The second-order valence-corrected chi connectivity index (χ2v) is 9.73. The molecule has 0 N–H and O–H groups in total. The maximum absolute atomic E-state index is 13.2. The standard InChI is InChI=1S/C27H25NO2S/c1-22-15-17-27(18-16-22)31(29,30)28-20-25(14-8-13-23-9-4-2-5-10-23)26(21-28)19-24-11-6-3-7-12-24/h2-7,9-11,14-19,24H,12,20-21H2,1H3/b25-14?,26-19-. The van der Waals surface area contributed by atoms with Gasteiger partial charge in [-0.1, -0.05) is 78.1 Å². The van der Waals surface area contributed by atoms with E-state index in [2.05, 4.69) is 30.1 Å². The van der Waals surface area contributed by atoms with Gasteiger partial charge in [0.2, 0.25) is 10.0 Å². The van der Waals surface area contributed by atoms with Crippen molar-refractivity contribution >= 4 is 10.0 Å². The van der Waals surface area contributed by atoms with Crippen LogP contribution < -0.4 is 0 Å². The average molecular weight is 428 g/mol. The Morgan fingerprint density at radius 2 is 1.71 bits per heavy atom. The minimum absolute atomic E-state index is 0.271. The Morgan fingerprint density at radius 1 is 0.968 bits per heavy atom. The lowest BCUT2D eigenvalue weighted by Gasteiger charge is -2.15. The van der Waals surface area contributed by atoms with Crippen molar-refractivity contribution in [1.82, 2.24) is 4.31 Å². The molecule has 1 atom stereocenters. The molecule has 0 radical (unpaired) electrons. The Labute approximate surface area is 185 Å². The van der Waals surface area contributed by atoms with Crippen molar-refractivity contribution < 1.29 is 8.42 Å². The van der Waals surface area contributed by atoms with E-state index in [4.69, 9.17) is 0 Å². The second kappa shape index (κ2) is 9.34. The minimum Gasteiger partial charge on any atom is -0.207 e. The lowest BCUT2D eigenvalue weighted by atomic mass is 9.96. The molecule has 2 aromatic carbocycles. The van der Waals surface area contributed by atoms with Crippen LogP contribution in [0, 0.1) is 24.7 Å². The quantitative estimate of drug-likeness (QED) is 0.644. The van der Waals surface area contributed by atoms with E-state index in [1.165, 1.54) is 0 Å². The lowest BCUT2D eigenvalue weighted by Crippen LogP contribution is -2.28. The molecule has 0 aromatic heterocycles. The Hall–Kier alpha value is -3.13. The predicted octanol–water partition coefficient (Wildman–Crippen LogP) is 5.04. The fourth-order valence-corrected chi connectivity index (χ4v) is 5.07. The molecule has 0 spiro atoms. The van der Waals surface area contributed by atoms with Crippen LogP contribution >= 0.6 is 0 Å². The van der Waals surface area contributed by atoms with Crippen LogP contribution in [0.4, 0.5) is 0 Å². The van der Waals surface area contributed by atoms with Crippen LogP contribution in [0.15, 0.2) is 107 Å². The van der Waals surface area contributed by atoms with Crippen molar-refractivity contribution in [2.45, 2.75) is 18.2 Å². The van der Waals surface area contributed by atoms with Gasteiger partial charge in [-0.25, -0.2) is 8.42 Å². The number of sulfonamides is 1. The molecule has 31 heavy (non-hydrogen) atoms. The number of rotatable bonds is 3. The molecule has 1 aliphatic carbocycles. The van der Waals surface area contributed by atoms with Gasteiger partial charge in [-0.3, -0.25) is 0 Å². The summed E-state index contributed by atoms with van der Waals surface area (Å²) in [6.45, 7) is 2.65. The van der Waals surface area contributed by atoms with Crippen LogP contribution in [0.5, 0.6) is 0 Å². The molecular formula is C27H25NO2S. The van der Waals surface area contributed by atoms with E-state index in [-0.39, 0.29) is 5.92 Å². The first-order valence-electron chi connectivity index (χ1n) is 10.4. The fourth-order valence-electron chi connectivity index (χ4n) is 3.68. The molecule has 2 aliphatic rings. The Bertz CT molecular complexity index is 1220. The van der Waals surface area contributed by atoms with Crippen molar-refractivity contribution in [3.05, 3.63) is 113 Å². The van der Waals surface area contributed by atoms with Crippen LogP contribution in [0.3, 0.4) is 0 Å². The van der Waals surface area contributed by atoms with E-state index in [9.17, 15) is 8.42 Å².